The average Bonchev–Trinajstić information content (AvgIpc) is 3.25. The Kier molecular flexibility index (Phi) is 13.6. The van der Waals surface area contributed by atoms with Crippen molar-refractivity contribution in [1.29, 1.82) is 0 Å². The van der Waals surface area contributed by atoms with Gasteiger partial charge in [-0.25, -0.2) is 0 Å². The molecule has 28 heteroatoms. The summed E-state index contributed by atoms with van der Waals surface area (Å²) < 4.78 is 133. The zero-order valence-corrected chi connectivity index (χ0v) is 36.0. The van der Waals surface area contributed by atoms with Crippen molar-refractivity contribution in [3.05, 3.63) is 165 Å². The molecule has 66 heavy (non-hydrogen) atoms. The minimum Gasteiger partial charge on any atom is -0.594 e. The molecule has 0 saturated heterocycles. The molecule has 0 saturated carbocycles. The average molecular weight is 981 g/mol. The van der Waals surface area contributed by atoms with E-state index in [1.54, 1.807) is 0 Å². The minimum atomic E-state index is -5.02. The van der Waals surface area contributed by atoms with Gasteiger partial charge >= 0.3 is 0 Å². The summed E-state index contributed by atoms with van der Waals surface area (Å²) in [5, 5.41) is 65.7. The maximum atomic E-state index is 12.9. The summed E-state index contributed by atoms with van der Waals surface area (Å²) in [6, 6.07) is 24.6. The van der Waals surface area contributed by atoms with Crippen LogP contribution in [0.4, 0.5) is 45.5 Å². The number of hydrogen-bond acceptors (Lipinski definition) is 16. The lowest BCUT2D eigenvalue weighted by molar-refractivity contribution is -0.436. The van der Waals surface area contributed by atoms with Crippen LogP contribution in [0, 0.1) is 20.8 Å². The molecule has 6 aromatic carbocycles. The molecule has 0 atom stereocenters. The lowest BCUT2D eigenvalue weighted by Gasteiger charge is -2.07. The van der Waals surface area contributed by atoms with Crippen LogP contribution in [-0.4, -0.2) is 71.3 Å². The zero-order chi connectivity index (χ0) is 48.2. The van der Waals surface area contributed by atoms with Gasteiger partial charge in [-0.15, -0.1) is 0 Å². The molecule has 4 N–H and O–H groups in total. The summed E-state index contributed by atoms with van der Waals surface area (Å²) in [6.07, 6.45) is 2.13. The van der Waals surface area contributed by atoms with Crippen LogP contribution in [0.3, 0.4) is 0 Å². The van der Waals surface area contributed by atoms with E-state index in [1.165, 1.54) is 60.7 Å². The van der Waals surface area contributed by atoms with Gasteiger partial charge in [0.1, 0.15) is 32.5 Å². The van der Waals surface area contributed by atoms with Gasteiger partial charge < -0.3 is 20.8 Å². The highest BCUT2D eigenvalue weighted by atomic mass is 32.2. The fraction of sp³-hybridized carbons (Fsp3) is 0. The highest BCUT2D eigenvalue weighted by molar-refractivity contribution is 7.86. The first-order chi connectivity index (χ1) is 30.8. The predicted octanol–water partition coefficient (Wildman–Crippen LogP) is 8.55. The monoisotopic (exact) mass is 980 g/mol. The number of benzene rings is 6. The largest absolute Gasteiger partial charge is 0.594 e. The van der Waals surface area contributed by atoms with Gasteiger partial charge in [-0.2, -0.15) is 33.7 Å². The Hall–Kier alpha value is -7.70. The van der Waals surface area contributed by atoms with Crippen molar-refractivity contribution in [2.45, 2.75) is 19.6 Å². The number of rotatable bonds is 14. The normalized spacial score (nSPS) is 13.6. The van der Waals surface area contributed by atoms with Gasteiger partial charge in [0.05, 0.1) is 9.79 Å². The van der Waals surface area contributed by atoms with Gasteiger partial charge in [-0.1, -0.05) is 43.7 Å². The Morgan fingerprint density at radius 2 is 0.591 bits per heavy atom. The SMILES string of the molecule is O=S(=O)(O)c1ccc([N+]([O-])=Nc2ccc([N+]([O-])=Nc3ccc(/C=C/c4ccc(N=[N+]([O-])c5ccc(N=[N+]([O-])c6ccc(S(=O)(=O)O)cc6)cc5)cc4S(=O)(=O)O)c(S(=O)(=O)O)c3)cc2)cc1. The third-order valence-corrected chi connectivity index (χ3v) is 12.2. The highest BCUT2D eigenvalue weighted by Crippen LogP contribution is 2.31. The first-order valence-corrected chi connectivity index (χ1v) is 23.6. The van der Waals surface area contributed by atoms with Crippen molar-refractivity contribution >= 4 is 98.1 Å². The molecule has 0 aliphatic carbocycles. The molecule has 0 amide bonds. The number of hydrogen-bond donors (Lipinski definition) is 4. The summed E-state index contributed by atoms with van der Waals surface area (Å²) in [5.41, 5.74) is -1.26. The van der Waals surface area contributed by atoms with Crippen molar-refractivity contribution < 1.29 is 71.3 Å². The van der Waals surface area contributed by atoms with E-state index >= 15 is 0 Å². The molecular weight excluding hydrogens is 953 g/mol. The molecule has 0 radical (unpaired) electrons. The Bertz CT molecular complexity index is 3240. The summed E-state index contributed by atoms with van der Waals surface area (Å²) in [5.74, 6) is 0. The number of nitrogens with zero attached hydrogens (tertiary/aromatic N) is 8. The minimum absolute atomic E-state index is 0.0562. The van der Waals surface area contributed by atoms with Gasteiger partial charge in [0.25, 0.3) is 40.5 Å². The van der Waals surface area contributed by atoms with E-state index in [9.17, 15) is 63.6 Å². The van der Waals surface area contributed by atoms with E-state index in [0.717, 1.165) is 84.9 Å². The van der Waals surface area contributed by atoms with E-state index in [2.05, 4.69) is 20.5 Å². The lowest BCUT2D eigenvalue weighted by atomic mass is 10.1. The highest BCUT2D eigenvalue weighted by Gasteiger charge is 2.20. The van der Waals surface area contributed by atoms with Crippen molar-refractivity contribution in [2.75, 3.05) is 0 Å². The maximum absolute atomic E-state index is 12.9. The van der Waals surface area contributed by atoms with Crippen molar-refractivity contribution in [3.63, 3.8) is 0 Å². The molecule has 24 nitrogen and oxygen atoms in total. The van der Waals surface area contributed by atoms with Crippen LogP contribution in [0.1, 0.15) is 11.1 Å². The van der Waals surface area contributed by atoms with Crippen LogP contribution < -0.4 is 0 Å². The lowest BCUT2D eigenvalue weighted by Crippen LogP contribution is -2.02. The summed E-state index contributed by atoms with van der Waals surface area (Å²) in [7, 11) is -19.0. The number of azo groups is 4. The van der Waals surface area contributed by atoms with Crippen LogP contribution in [0.25, 0.3) is 12.2 Å². The molecule has 0 heterocycles. The van der Waals surface area contributed by atoms with Gasteiger partial charge in [-0.05, 0) is 83.9 Å². The second-order valence-electron chi connectivity index (χ2n) is 13.2. The summed E-state index contributed by atoms with van der Waals surface area (Å²) in [6.45, 7) is 0. The Morgan fingerprint density at radius 1 is 0.348 bits per heavy atom. The van der Waals surface area contributed by atoms with Crippen molar-refractivity contribution in [2.24, 2.45) is 20.5 Å². The van der Waals surface area contributed by atoms with Gasteiger partial charge in [-0.3, -0.25) is 18.2 Å². The van der Waals surface area contributed by atoms with Crippen molar-refractivity contribution in [1.82, 2.24) is 0 Å². The van der Waals surface area contributed by atoms with E-state index < -0.39 is 60.1 Å². The van der Waals surface area contributed by atoms with E-state index in [0.29, 0.717) is 0 Å². The van der Waals surface area contributed by atoms with E-state index in [-0.39, 0.29) is 76.1 Å². The van der Waals surface area contributed by atoms with Crippen LogP contribution in [0.15, 0.2) is 173 Å². The molecule has 0 bridgehead atoms. The predicted molar refractivity (Wildman–Crippen MR) is 228 cm³/mol. The molecule has 6 aromatic rings. The molecular formula is C38H28N8O16S4. The maximum Gasteiger partial charge on any atom is 0.295 e. The topological polar surface area (TPSA) is 371 Å². The van der Waals surface area contributed by atoms with E-state index in [4.69, 9.17) is 9.11 Å². The standard InChI is InChI=1S/C38H28N8O16S4/c47-43(33-15-19-35(20-16-33)63(51,52)53)39-27-7-11-31(12-8-27)45(49)41-29-5-3-25(37(23-29)65(57,58)59)1-2-26-4-6-30(24-38(26)66(60,61)62)42-46(50)32-13-9-28(10-14-32)40-44(48)34-17-21-36(22-18-34)64(54,55)56/h1-24H,(H,51,52,53)(H,54,55,56)(H,57,58,59)(H,60,61,62)/b2-1+,43-39?,44-40?,45-41?,46-42?. The van der Waals surface area contributed by atoms with Crippen molar-refractivity contribution in [3.8, 4) is 0 Å². The Labute approximate surface area is 373 Å². The smallest absolute Gasteiger partial charge is 0.295 e. The molecule has 6 rings (SSSR count). The molecule has 0 aliphatic heterocycles. The summed E-state index contributed by atoms with van der Waals surface area (Å²) >= 11 is 0. The third-order valence-electron chi connectivity index (χ3n) is 8.67. The fourth-order valence-corrected chi connectivity index (χ4v) is 7.87. The second kappa shape index (κ2) is 18.8. The summed E-state index contributed by atoms with van der Waals surface area (Å²) in [4.78, 5) is -1.91. The van der Waals surface area contributed by atoms with Crippen LogP contribution >= 0.6 is 0 Å². The molecule has 0 aromatic heterocycles. The molecule has 0 unspecified atom stereocenters. The van der Waals surface area contributed by atoms with Crippen LogP contribution in [-0.2, 0) is 40.5 Å². The molecule has 0 spiro atoms. The first-order valence-electron chi connectivity index (χ1n) is 17.9. The van der Waals surface area contributed by atoms with Crippen LogP contribution in [0.2, 0.25) is 0 Å². The van der Waals surface area contributed by atoms with E-state index in [1.807, 2.05) is 0 Å². The zero-order valence-electron chi connectivity index (χ0n) is 32.8. The van der Waals surface area contributed by atoms with Gasteiger partial charge in [0.2, 0.25) is 22.7 Å². The molecule has 0 aliphatic rings. The van der Waals surface area contributed by atoms with Gasteiger partial charge in [0, 0.05) is 69.0 Å². The van der Waals surface area contributed by atoms with Crippen LogP contribution in [0.5, 0.6) is 0 Å². The third kappa shape index (κ3) is 12.1. The van der Waals surface area contributed by atoms with Gasteiger partial charge in [0.15, 0.2) is 0 Å². The fourth-order valence-electron chi connectivity index (χ4n) is 5.51. The second-order valence-corrected chi connectivity index (χ2v) is 18.8. The Morgan fingerprint density at radius 3 is 0.848 bits per heavy atom. The first kappa shape index (κ1) is 47.8. The Balaban J connectivity index is 1.19. The molecule has 340 valence electrons. The quantitative estimate of drug-likeness (QED) is 0.0261. The molecule has 0 fully saturated rings.